The first-order valence-electron chi connectivity index (χ1n) is 7.73. The number of hydrogen-bond donors (Lipinski definition) is 1. The Morgan fingerprint density at radius 1 is 1.25 bits per heavy atom. The van der Waals surface area contributed by atoms with Crippen LogP contribution < -0.4 is 0 Å². The van der Waals surface area contributed by atoms with E-state index in [4.69, 9.17) is 5.11 Å². The molecule has 1 aromatic rings. The van der Waals surface area contributed by atoms with Crippen molar-refractivity contribution < 1.29 is 27.9 Å². The van der Waals surface area contributed by atoms with Gasteiger partial charge in [0.1, 0.15) is 0 Å². The predicted molar refractivity (Wildman–Crippen MR) is 81.7 cm³/mol. The minimum Gasteiger partial charge on any atom is -0.478 e. The monoisotopic (exact) mass is 343 g/mol. The lowest BCUT2D eigenvalue weighted by Crippen LogP contribution is -2.49. The number of carbonyl (C=O) groups excluding carboxylic acids is 1. The van der Waals surface area contributed by atoms with Crippen LogP contribution in [0.1, 0.15) is 42.6 Å². The lowest BCUT2D eigenvalue weighted by atomic mass is 9.87. The molecule has 24 heavy (non-hydrogen) atoms. The molecule has 1 aliphatic heterocycles. The summed E-state index contributed by atoms with van der Waals surface area (Å²) in [6.45, 7) is 3.02. The molecule has 1 amide bonds. The van der Waals surface area contributed by atoms with Crippen LogP contribution in [-0.4, -0.2) is 40.1 Å². The van der Waals surface area contributed by atoms with E-state index < -0.39 is 23.6 Å². The molecular formula is C17H20F3NO3. The molecule has 4 nitrogen and oxygen atoms in total. The molecule has 0 spiro atoms. The van der Waals surface area contributed by atoms with Crippen molar-refractivity contribution in [2.45, 2.75) is 44.8 Å². The predicted octanol–water partition coefficient (Wildman–Crippen LogP) is 3.51. The minimum absolute atomic E-state index is 0.0739. The van der Waals surface area contributed by atoms with Crippen molar-refractivity contribution in [3.05, 3.63) is 35.4 Å². The molecule has 0 aliphatic carbocycles. The van der Waals surface area contributed by atoms with Crippen LogP contribution in [0.5, 0.6) is 0 Å². The number of carbonyl (C=O) groups is 2. The zero-order valence-corrected chi connectivity index (χ0v) is 13.6. The summed E-state index contributed by atoms with van der Waals surface area (Å²) >= 11 is 0. The van der Waals surface area contributed by atoms with E-state index in [1.54, 1.807) is 12.1 Å². The van der Waals surface area contributed by atoms with Gasteiger partial charge in [-0.15, -0.1) is 0 Å². The number of benzene rings is 1. The summed E-state index contributed by atoms with van der Waals surface area (Å²) < 4.78 is 39.2. The first-order valence-corrected chi connectivity index (χ1v) is 7.73. The molecule has 0 bridgehead atoms. The number of aryl methyl sites for hydroxylation is 1. The standard InChI is InChI=1S/C17H20F3NO3/c1-16(2)13(17(18,19)20)9-10-21(16)14(22)8-5-11-3-6-12(7-4-11)15(23)24/h3-4,6-7,13H,5,8-10H2,1-2H3,(H,23,24)/t13-/m0/s1. The second-order valence-corrected chi connectivity index (χ2v) is 6.58. The molecule has 1 fully saturated rings. The highest BCUT2D eigenvalue weighted by Crippen LogP contribution is 2.44. The van der Waals surface area contributed by atoms with Gasteiger partial charge in [-0.1, -0.05) is 12.1 Å². The number of rotatable bonds is 4. The van der Waals surface area contributed by atoms with Gasteiger partial charge in [-0.25, -0.2) is 4.79 Å². The third kappa shape index (κ3) is 3.71. The highest BCUT2D eigenvalue weighted by Gasteiger charge is 2.55. The summed E-state index contributed by atoms with van der Waals surface area (Å²) in [6.07, 6.45) is -3.93. The number of nitrogens with zero attached hydrogens (tertiary/aromatic N) is 1. The number of carboxylic acids is 1. The number of likely N-dealkylation sites (tertiary alicyclic amines) is 1. The topological polar surface area (TPSA) is 57.6 Å². The van der Waals surface area contributed by atoms with Crippen LogP contribution in [0.4, 0.5) is 13.2 Å². The molecule has 0 unspecified atom stereocenters. The molecule has 1 saturated heterocycles. The summed E-state index contributed by atoms with van der Waals surface area (Å²) in [6, 6.07) is 6.12. The summed E-state index contributed by atoms with van der Waals surface area (Å²) in [5.74, 6) is -2.85. The molecular weight excluding hydrogens is 323 g/mol. The second-order valence-electron chi connectivity index (χ2n) is 6.58. The number of hydrogen-bond acceptors (Lipinski definition) is 2. The lowest BCUT2D eigenvalue weighted by Gasteiger charge is -2.36. The Balaban J connectivity index is 1.99. The second kappa shape index (κ2) is 6.45. The molecule has 132 valence electrons. The first-order chi connectivity index (χ1) is 11.0. The average molecular weight is 343 g/mol. The highest BCUT2D eigenvalue weighted by molar-refractivity contribution is 5.87. The minimum atomic E-state index is -4.31. The van der Waals surface area contributed by atoms with Gasteiger partial charge >= 0.3 is 12.1 Å². The van der Waals surface area contributed by atoms with Gasteiger partial charge in [0.05, 0.1) is 11.5 Å². The Morgan fingerprint density at radius 2 is 1.83 bits per heavy atom. The first kappa shape index (κ1) is 18.3. The van der Waals surface area contributed by atoms with E-state index in [9.17, 15) is 22.8 Å². The van der Waals surface area contributed by atoms with Crippen molar-refractivity contribution >= 4 is 11.9 Å². The van der Waals surface area contributed by atoms with Gasteiger partial charge in [-0.3, -0.25) is 4.79 Å². The zero-order valence-electron chi connectivity index (χ0n) is 13.6. The fourth-order valence-electron chi connectivity index (χ4n) is 3.30. The quantitative estimate of drug-likeness (QED) is 0.910. The van der Waals surface area contributed by atoms with Gasteiger partial charge in [-0.2, -0.15) is 13.2 Å². The maximum atomic E-state index is 13.1. The lowest BCUT2D eigenvalue weighted by molar-refractivity contribution is -0.192. The number of alkyl halides is 3. The van der Waals surface area contributed by atoms with Gasteiger partial charge in [0.25, 0.3) is 0 Å². The van der Waals surface area contributed by atoms with Crippen molar-refractivity contribution in [2.75, 3.05) is 6.54 Å². The van der Waals surface area contributed by atoms with E-state index in [-0.39, 0.29) is 30.9 Å². The summed E-state index contributed by atoms with van der Waals surface area (Å²) in [5, 5.41) is 8.83. The Kier molecular flexibility index (Phi) is 4.92. The average Bonchev–Trinajstić information content (AvgIpc) is 2.80. The molecule has 1 heterocycles. The van der Waals surface area contributed by atoms with Crippen LogP contribution >= 0.6 is 0 Å². The van der Waals surface area contributed by atoms with Crippen molar-refractivity contribution in [1.29, 1.82) is 0 Å². The van der Waals surface area contributed by atoms with Crippen molar-refractivity contribution in [3.63, 3.8) is 0 Å². The number of carboxylic acid groups (broad SMARTS) is 1. The highest BCUT2D eigenvalue weighted by atomic mass is 19.4. The van der Waals surface area contributed by atoms with E-state index >= 15 is 0 Å². The van der Waals surface area contributed by atoms with Crippen LogP contribution in [-0.2, 0) is 11.2 Å². The summed E-state index contributed by atoms with van der Waals surface area (Å²) in [4.78, 5) is 24.4. The number of aromatic carboxylic acids is 1. The largest absolute Gasteiger partial charge is 0.478 e. The molecule has 0 radical (unpaired) electrons. The summed E-state index contributed by atoms with van der Waals surface area (Å²) in [5.41, 5.74) is -0.320. The molecule has 1 aliphatic rings. The fraction of sp³-hybridized carbons (Fsp3) is 0.529. The van der Waals surface area contributed by atoms with Gasteiger partial charge in [-0.05, 0) is 44.4 Å². The molecule has 0 aromatic heterocycles. The van der Waals surface area contributed by atoms with E-state index in [0.29, 0.717) is 6.42 Å². The van der Waals surface area contributed by atoms with Crippen LogP contribution in [0.2, 0.25) is 0 Å². The molecule has 1 aromatic carbocycles. The van der Waals surface area contributed by atoms with Crippen LogP contribution in [0.25, 0.3) is 0 Å². The van der Waals surface area contributed by atoms with Gasteiger partial charge in [0, 0.05) is 18.5 Å². The number of amides is 1. The fourth-order valence-corrected chi connectivity index (χ4v) is 3.30. The maximum absolute atomic E-state index is 13.1. The van der Waals surface area contributed by atoms with E-state index in [0.717, 1.165) is 5.56 Å². The smallest absolute Gasteiger partial charge is 0.394 e. The Labute approximate surface area is 138 Å². The van der Waals surface area contributed by atoms with Crippen molar-refractivity contribution in [2.24, 2.45) is 5.92 Å². The van der Waals surface area contributed by atoms with Crippen molar-refractivity contribution in [3.8, 4) is 0 Å². The summed E-state index contributed by atoms with van der Waals surface area (Å²) in [7, 11) is 0. The normalized spacial score (nSPS) is 20.2. The van der Waals surface area contributed by atoms with Crippen LogP contribution in [0, 0.1) is 5.92 Å². The van der Waals surface area contributed by atoms with Crippen molar-refractivity contribution in [1.82, 2.24) is 4.90 Å². The Morgan fingerprint density at radius 3 is 2.29 bits per heavy atom. The van der Waals surface area contributed by atoms with Gasteiger partial charge in [0.15, 0.2) is 0 Å². The van der Waals surface area contributed by atoms with E-state index in [1.807, 2.05) is 0 Å². The maximum Gasteiger partial charge on any atom is 0.394 e. The third-order valence-corrected chi connectivity index (χ3v) is 4.71. The van der Waals surface area contributed by atoms with E-state index in [2.05, 4.69) is 0 Å². The SMILES string of the molecule is CC1(C)[C@@H](C(F)(F)F)CCN1C(=O)CCc1ccc(C(=O)O)cc1. The van der Waals surface area contributed by atoms with E-state index in [1.165, 1.54) is 30.9 Å². The third-order valence-electron chi connectivity index (χ3n) is 4.71. The van der Waals surface area contributed by atoms with Crippen LogP contribution in [0.15, 0.2) is 24.3 Å². The molecule has 7 heteroatoms. The van der Waals surface area contributed by atoms with Gasteiger partial charge < -0.3 is 10.0 Å². The Bertz CT molecular complexity index is 623. The molecule has 1 atom stereocenters. The number of halogens is 3. The molecule has 2 rings (SSSR count). The molecule has 0 saturated carbocycles. The Hall–Kier alpha value is -2.05. The zero-order chi connectivity index (χ0) is 18.1. The molecule has 1 N–H and O–H groups in total. The van der Waals surface area contributed by atoms with Gasteiger partial charge in [0.2, 0.25) is 5.91 Å². The van der Waals surface area contributed by atoms with Crippen LogP contribution in [0.3, 0.4) is 0 Å².